The highest BCUT2D eigenvalue weighted by Gasteiger charge is 1.99. The number of anilines is 1. The Morgan fingerprint density at radius 2 is 1.61 bits per heavy atom. The largest absolute Gasteiger partial charge is 0.378 e. The van der Waals surface area contributed by atoms with Crippen LogP contribution in [0, 0.1) is 0 Å². The summed E-state index contributed by atoms with van der Waals surface area (Å²) in [5.74, 6) is -0.0822. The maximum Gasteiger partial charge on any atom is 0.244 e. The van der Waals surface area contributed by atoms with Crippen molar-refractivity contribution in [1.82, 2.24) is 5.32 Å². The summed E-state index contributed by atoms with van der Waals surface area (Å²) >= 11 is 0. The van der Waals surface area contributed by atoms with Crippen molar-refractivity contribution >= 4 is 17.7 Å². The van der Waals surface area contributed by atoms with Crippen molar-refractivity contribution in [3.63, 3.8) is 0 Å². The monoisotopic (exact) mass is 308 g/mol. The lowest BCUT2D eigenvalue weighted by atomic mass is 10.1. The molecule has 3 nitrogen and oxygen atoms in total. The van der Waals surface area contributed by atoms with Gasteiger partial charge >= 0.3 is 0 Å². The molecule has 0 aliphatic carbocycles. The predicted octanol–water partition coefficient (Wildman–Crippen LogP) is 3.64. The molecule has 2 aromatic carbocycles. The molecule has 23 heavy (non-hydrogen) atoms. The number of nitrogens with one attached hydrogen (secondary N) is 1. The average Bonchev–Trinajstić information content (AvgIpc) is 2.59. The van der Waals surface area contributed by atoms with Crippen molar-refractivity contribution in [3.05, 3.63) is 71.3 Å². The number of benzene rings is 2. The van der Waals surface area contributed by atoms with Crippen molar-refractivity contribution in [3.8, 4) is 0 Å². The number of carbonyl (C=O) groups is 1. The zero-order valence-corrected chi connectivity index (χ0v) is 14.0. The number of rotatable bonds is 6. The van der Waals surface area contributed by atoms with Gasteiger partial charge in [-0.25, -0.2) is 0 Å². The van der Waals surface area contributed by atoms with Gasteiger partial charge in [0.05, 0.1) is 0 Å². The highest BCUT2D eigenvalue weighted by atomic mass is 16.1. The molecule has 0 aliphatic rings. The molecule has 0 aromatic heterocycles. The second kappa shape index (κ2) is 8.18. The van der Waals surface area contributed by atoms with E-state index in [0.717, 1.165) is 23.2 Å². The summed E-state index contributed by atoms with van der Waals surface area (Å²) in [6.07, 6.45) is 4.44. The molecule has 0 saturated carbocycles. The van der Waals surface area contributed by atoms with E-state index in [2.05, 4.69) is 29.3 Å². The van der Waals surface area contributed by atoms with Crippen LogP contribution in [0.2, 0.25) is 0 Å². The molecule has 0 spiro atoms. The maximum absolute atomic E-state index is 11.9. The van der Waals surface area contributed by atoms with Gasteiger partial charge < -0.3 is 10.2 Å². The summed E-state index contributed by atoms with van der Waals surface area (Å²) in [6, 6.07) is 16.4. The van der Waals surface area contributed by atoms with E-state index in [4.69, 9.17) is 0 Å². The van der Waals surface area contributed by atoms with Crippen molar-refractivity contribution in [1.29, 1.82) is 0 Å². The molecule has 0 saturated heterocycles. The summed E-state index contributed by atoms with van der Waals surface area (Å²) in [6.45, 7) is 2.66. The number of aryl methyl sites for hydroxylation is 1. The Hall–Kier alpha value is -2.55. The summed E-state index contributed by atoms with van der Waals surface area (Å²) in [7, 11) is 4.02. The SMILES string of the molecule is CCc1ccc(/C=C/C(=O)NCc2ccc(N(C)C)cc2)cc1. The molecule has 0 radical (unpaired) electrons. The van der Waals surface area contributed by atoms with E-state index in [0.29, 0.717) is 6.54 Å². The van der Waals surface area contributed by atoms with Gasteiger partial charge in [-0.1, -0.05) is 43.3 Å². The molecule has 0 fully saturated rings. The Labute approximate surface area is 138 Å². The molecule has 1 N–H and O–H groups in total. The summed E-state index contributed by atoms with van der Waals surface area (Å²) < 4.78 is 0. The molecule has 2 rings (SSSR count). The van der Waals surface area contributed by atoms with Crippen LogP contribution in [0.1, 0.15) is 23.6 Å². The van der Waals surface area contributed by atoms with Crippen LogP contribution in [-0.4, -0.2) is 20.0 Å². The molecule has 3 heteroatoms. The van der Waals surface area contributed by atoms with Gasteiger partial charge in [0.25, 0.3) is 0 Å². The molecule has 1 amide bonds. The second-order valence-corrected chi connectivity index (χ2v) is 5.71. The number of nitrogens with zero attached hydrogens (tertiary/aromatic N) is 1. The van der Waals surface area contributed by atoms with Crippen LogP contribution in [0.3, 0.4) is 0 Å². The average molecular weight is 308 g/mol. The van der Waals surface area contributed by atoms with Crippen LogP contribution >= 0.6 is 0 Å². The Balaban J connectivity index is 1.85. The minimum atomic E-state index is -0.0822. The van der Waals surface area contributed by atoms with Crippen LogP contribution in [0.5, 0.6) is 0 Å². The van der Waals surface area contributed by atoms with Crippen LogP contribution < -0.4 is 10.2 Å². The first-order valence-corrected chi connectivity index (χ1v) is 7.89. The topological polar surface area (TPSA) is 32.3 Å². The molecular weight excluding hydrogens is 284 g/mol. The number of hydrogen-bond donors (Lipinski definition) is 1. The van der Waals surface area contributed by atoms with E-state index < -0.39 is 0 Å². The molecular formula is C20H24N2O. The quantitative estimate of drug-likeness (QED) is 0.826. The van der Waals surface area contributed by atoms with Crippen LogP contribution in [0.15, 0.2) is 54.6 Å². The molecule has 0 aliphatic heterocycles. The highest BCUT2D eigenvalue weighted by molar-refractivity contribution is 5.91. The van der Waals surface area contributed by atoms with Crippen molar-refractivity contribution in [2.75, 3.05) is 19.0 Å². The number of carbonyl (C=O) groups excluding carboxylic acids is 1. The van der Waals surface area contributed by atoms with E-state index in [1.807, 2.05) is 56.6 Å². The maximum atomic E-state index is 11.9. The predicted molar refractivity (Wildman–Crippen MR) is 97.5 cm³/mol. The minimum absolute atomic E-state index is 0.0822. The first-order chi connectivity index (χ1) is 11.1. The van der Waals surface area contributed by atoms with Gasteiger partial charge in [0, 0.05) is 32.4 Å². The summed E-state index contributed by atoms with van der Waals surface area (Å²) in [4.78, 5) is 13.9. The highest BCUT2D eigenvalue weighted by Crippen LogP contribution is 2.12. The molecule has 0 atom stereocenters. The van der Waals surface area contributed by atoms with Gasteiger partial charge in [-0.3, -0.25) is 4.79 Å². The fourth-order valence-corrected chi connectivity index (χ4v) is 2.20. The third-order valence-corrected chi connectivity index (χ3v) is 3.73. The first kappa shape index (κ1) is 16.8. The van der Waals surface area contributed by atoms with Crippen molar-refractivity contribution in [2.24, 2.45) is 0 Å². The van der Waals surface area contributed by atoms with Gasteiger partial charge in [0.2, 0.25) is 5.91 Å². The van der Waals surface area contributed by atoms with Crippen LogP contribution in [-0.2, 0) is 17.8 Å². The molecule has 120 valence electrons. The van der Waals surface area contributed by atoms with E-state index in [9.17, 15) is 4.79 Å². The fraction of sp³-hybridized carbons (Fsp3) is 0.250. The lowest BCUT2D eigenvalue weighted by molar-refractivity contribution is -0.116. The third kappa shape index (κ3) is 5.29. The summed E-state index contributed by atoms with van der Waals surface area (Å²) in [5.41, 5.74) is 4.57. The number of hydrogen-bond acceptors (Lipinski definition) is 2. The van der Waals surface area contributed by atoms with E-state index in [1.54, 1.807) is 6.08 Å². The van der Waals surface area contributed by atoms with E-state index in [1.165, 1.54) is 5.56 Å². The fourth-order valence-electron chi connectivity index (χ4n) is 2.20. The molecule has 2 aromatic rings. The normalized spacial score (nSPS) is 10.7. The number of amides is 1. The second-order valence-electron chi connectivity index (χ2n) is 5.71. The van der Waals surface area contributed by atoms with Crippen molar-refractivity contribution in [2.45, 2.75) is 19.9 Å². The standard InChI is InChI=1S/C20H24N2O/c1-4-16-5-7-17(8-6-16)11-14-20(23)21-15-18-9-12-19(13-10-18)22(2)3/h5-14H,4,15H2,1-3H3,(H,21,23)/b14-11+. The Morgan fingerprint density at radius 1 is 1.00 bits per heavy atom. The zero-order valence-electron chi connectivity index (χ0n) is 14.0. The van der Waals surface area contributed by atoms with Gasteiger partial charge in [-0.15, -0.1) is 0 Å². The van der Waals surface area contributed by atoms with Gasteiger partial charge in [-0.2, -0.15) is 0 Å². The third-order valence-electron chi connectivity index (χ3n) is 3.73. The Morgan fingerprint density at radius 3 is 2.17 bits per heavy atom. The Kier molecular flexibility index (Phi) is 5.98. The van der Waals surface area contributed by atoms with Crippen LogP contribution in [0.25, 0.3) is 6.08 Å². The smallest absolute Gasteiger partial charge is 0.244 e. The van der Waals surface area contributed by atoms with Gasteiger partial charge in [0.15, 0.2) is 0 Å². The van der Waals surface area contributed by atoms with Crippen molar-refractivity contribution < 1.29 is 4.79 Å². The lowest BCUT2D eigenvalue weighted by Crippen LogP contribution is -2.20. The molecule has 0 unspecified atom stereocenters. The van der Waals surface area contributed by atoms with E-state index >= 15 is 0 Å². The van der Waals surface area contributed by atoms with Gasteiger partial charge in [0.1, 0.15) is 0 Å². The lowest BCUT2D eigenvalue weighted by Gasteiger charge is -2.12. The summed E-state index contributed by atoms with van der Waals surface area (Å²) in [5, 5.41) is 2.90. The first-order valence-electron chi connectivity index (χ1n) is 7.89. The van der Waals surface area contributed by atoms with Crippen LogP contribution in [0.4, 0.5) is 5.69 Å². The zero-order chi connectivity index (χ0) is 16.7. The minimum Gasteiger partial charge on any atom is -0.378 e. The molecule has 0 heterocycles. The molecule has 0 bridgehead atoms. The van der Waals surface area contributed by atoms with E-state index in [-0.39, 0.29) is 5.91 Å². The Bertz CT molecular complexity index is 655. The van der Waals surface area contributed by atoms with Gasteiger partial charge in [-0.05, 0) is 41.3 Å².